The molecule has 0 aliphatic rings. The van der Waals surface area contributed by atoms with E-state index in [0.717, 1.165) is 6.08 Å². The average Bonchev–Trinajstić information content (AvgIpc) is 2.04. The Morgan fingerprint density at radius 3 is 2.82 bits per heavy atom. The molecule has 0 bridgehead atoms. The molecule has 0 amide bonds. The van der Waals surface area contributed by atoms with Gasteiger partial charge in [-0.25, -0.2) is 4.79 Å². The molecule has 0 saturated heterocycles. The van der Waals surface area contributed by atoms with Crippen LogP contribution in [0.5, 0.6) is 0 Å². The van der Waals surface area contributed by atoms with Crippen LogP contribution >= 0.6 is 0 Å². The highest BCUT2D eigenvalue weighted by Gasteiger charge is 1.93. The van der Waals surface area contributed by atoms with Crippen LogP contribution in [0.4, 0.5) is 0 Å². The Hall–Kier alpha value is -1.43. The van der Waals surface area contributed by atoms with Crippen molar-refractivity contribution in [3.63, 3.8) is 0 Å². The van der Waals surface area contributed by atoms with Gasteiger partial charge in [0.2, 0.25) is 0 Å². The molecule has 0 aromatic rings. The van der Waals surface area contributed by atoms with E-state index in [9.17, 15) is 4.79 Å². The summed E-state index contributed by atoms with van der Waals surface area (Å²) in [7, 11) is 1.29. The molecule has 3 nitrogen and oxygen atoms in total. The first-order valence-electron chi connectivity index (χ1n) is 3.06. The Labute approximate surface area is 66.0 Å². The summed E-state index contributed by atoms with van der Waals surface area (Å²) >= 11 is 0. The van der Waals surface area contributed by atoms with Crippen molar-refractivity contribution in [1.29, 1.82) is 0 Å². The van der Waals surface area contributed by atoms with Crippen LogP contribution in [0.1, 0.15) is 6.92 Å². The summed E-state index contributed by atoms with van der Waals surface area (Å²) in [5, 5.41) is 0. The molecule has 0 fully saturated rings. The average molecular weight is 154 g/mol. The molecule has 11 heavy (non-hydrogen) atoms. The number of terminal acetylenes is 1. The summed E-state index contributed by atoms with van der Waals surface area (Å²) in [6.07, 6.45) is 7.05. The lowest BCUT2D eigenvalue weighted by molar-refractivity contribution is -0.135. The summed E-state index contributed by atoms with van der Waals surface area (Å²) < 4.78 is 9.15. The molecule has 0 N–H and O–H groups in total. The first kappa shape index (κ1) is 9.57. The van der Waals surface area contributed by atoms with Gasteiger partial charge in [0, 0.05) is 0 Å². The first-order chi connectivity index (χ1) is 5.20. The zero-order valence-corrected chi connectivity index (χ0v) is 6.53. The molecule has 1 atom stereocenters. The van der Waals surface area contributed by atoms with Crippen LogP contribution in [-0.4, -0.2) is 19.2 Å². The summed E-state index contributed by atoms with van der Waals surface area (Å²) in [6, 6.07) is 0. The zero-order chi connectivity index (χ0) is 8.69. The maximum atomic E-state index is 10.4. The minimum Gasteiger partial charge on any atom is -0.485 e. The summed E-state index contributed by atoms with van der Waals surface area (Å²) in [5.41, 5.74) is 0. The fraction of sp³-hybridized carbons (Fsp3) is 0.375. The minimum atomic E-state index is -0.464. The first-order valence-corrected chi connectivity index (χ1v) is 3.06. The third-order valence-electron chi connectivity index (χ3n) is 0.923. The van der Waals surface area contributed by atoms with Crippen LogP contribution < -0.4 is 0 Å². The van der Waals surface area contributed by atoms with Gasteiger partial charge in [0.1, 0.15) is 0 Å². The number of hydrogen-bond donors (Lipinski definition) is 0. The number of rotatable bonds is 3. The molecule has 0 saturated carbocycles. The second-order valence-electron chi connectivity index (χ2n) is 1.77. The van der Waals surface area contributed by atoms with Gasteiger partial charge in [0.05, 0.1) is 19.4 Å². The zero-order valence-electron chi connectivity index (χ0n) is 6.53. The van der Waals surface area contributed by atoms with Crippen molar-refractivity contribution in [2.45, 2.75) is 13.0 Å². The van der Waals surface area contributed by atoms with E-state index in [1.165, 1.54) is 13.4 Å². The van der Waals surface area contributed by atoms with Crippen molar-refractivity contribution < 1.29 is 14.3 Å². The van der Waals surface area contributed by atoms with Gasteiger partial charge >= 0.3 is 5.97 Å². The Kier molecular flexibility index (Phi) is 4.67. The number of ether oxygens (including phenoxy) is 2. The Morgan fingerprint density at radius 1 is 1.73 bits per heavy atom. The van der Waals surface area contributed by atoms with Crippen molar-refractivity contribution in [2.75, 3.05) is 7.11 Å². The van der Waals surface area contributed by atoms with Crippen LogP contribution in [-0.2, 0) is 14.3 Å². The number of hydrogen-bond acceptors (Lipinski definition) is 3. The van der Waals surface area contributed by atoms with Crippen molar-refractivity contribution in [2.24, 2.45) is 0 Å². The second kappa shape index (κ2) is 5.36. The molecule has 0 aliphatic carbocycles. The van der Waals surface area contributed by atoms with Crippen LogP contribution in [0.25, 0.3) is 0 Å². The molecule has 3 heteroatoms. The standard InChI is InChI=1S/C8H10O3/c1-4-7(2)11-6-5-8(9)10-3/h1,5-7H,2-3H3/b6-5+/t7-/m1/s1. The molecule has 0 heterocycles. The third kappa shape index (κ3) is 5.04. The normalized spacial score (nSPS) is 12.1. The van der Waals surface area contributed by atoms with E-state index in [4.69, 9.17) is 11.2 Å². The van der Waals surface area contributed by atoms with Gasteiger partial charge < -0.3 is 9.47 Å². The van der Waals surface area contributed by atoms with Crippen LogP contribution in [0.2, 0.25) is 0 Å². The monoisotopic (exact) mass is 154 g/mol. The predicted molar refractivity (Wildman–Crippen MR) is 40.5 cm³/mol. The second-order valence-corrected chi connectivity index (χ2v) is 1.77. The third-order valence-corrected chi connectivity index (χ3v) is 0.923. The lowest BCUT2D eigenvalue weighted by Gasteiger charge is -2.00. The van der Waals surface area contributed by atoms with Crippen molar-refractivity contribution >= 4 is 5.97 Å². The highest BCUT2D eigenvalue weighted by Crippen LogP contribution is 1.88. The molecule has 0 radical (unpaired) electrons. The van der Waals surface area contributed by atoms with Crippen molar-refractivity contribution in [3.8, 4) is 12.3 Å². The van der Waals surface area contributed by atoms with Gasteiger partial charge in [-0.2, -0.15) is 0 Å². The van der Waals surface area contributed by atoms with Crippen molar-refractivity contribution in [3.05, 3.63) is 12.3 Å². The maximum absolute atomic E-state index is 10.4. The molecular weight excluding hydrogens is 144 g/mol. The van der Waals surface area contributed by atoms with E-state index in [1.54, 1.807) is 6.92 Å². The maximum Gasteiger partial charge on any atom is 0.333 e. The molecule has 0 spiro atoms. The fourth-order valence-electron chi connectivity index (χ4n) is 0.320. The van der Waals surface area contributed by atoms with Gasteiger partial charge in [-0.3, -0.25) is 0 Å². The lowest BCUT2D eigenvalue weighted by atomic mass is 10.4. The number of esters is 1. The largest absolute Gasteiger partial charge is 0.485 e. The highest BCUT2D eigenvalue weighted by molar-refractivity contribution is 5.81. The van der Waals surface area contributed by atoms with Gasteiger partial charge in [0.25, 0.3) is 0 Å². The Balaban J connectivity index is 3.62. The highest BCUT2D eigenvalue weighted by atomic mass is 16.5. The number of methoxy groups -OCH3 is 1. The van der Waals surface area contributed by atoms with E-state index in [-0.39, 0.29) is 6.10 Å². The molecule has 0 aromatic carbocycles. The quantitative estimate of drug-likeness (QED) is 0.260. The van der Waals surface area contributed by atoms with E-state index < -0.39 is 5.97 Å². The SMILES string of the molecule is C#C[C@@H](C)O/C=C/C(=O)OC. The molecule has 0 aliphatic heterocycles. The fourth-order valence-corrected chi connectivity index (χ4v) is 0.320. The summed E-state index contributed by atoms with van der Waals surface area (Å²) in [6.45, 7) is 1.70. The van der Waals surface area contributed by atoms with Gasteiger partial charge in [-0.05, 0) is 6.92 Å². The van der Waals surface area contributed by atoms with Crippen LogP contribution in [0, 0.1) is 12.3 Å². The van der Waals surface area contributed by atoms with Gasteiger partial charge in [-0.1, -0.05) is 5.92 Å². The molecular formula is C8H10O3. The predicted octanol–water partition coefficient (Wildman–Crippen LogP) is 0.711. The van der Waals surface area contributed by atoms with E-state index in [2.05, 4.69) is 10.7 Å². The smallest absolute Gasteiger partial charge is 0.333 e. The molecule has 0 rings (SSSR count). The van der Waals surface area contributed by atoms with Crippen molar-refractivity contribution in [1.82, 2.24) is 0 Å². The number of carbonyl (C=O) groups excluding carboxylic acids is 1. The molecule has 0 aromatic heterocycles. The minimum absolute atomic E-state index is 0.323. The molecule has 0 unspecified atom stereocenters. The molecule has 60 valence electrons. The summed E-state index contributed by atoms with van der Waals surface area (Å²) in [4.78, 5) is 10.4. The van der Waals surface area contributed by atoms with Crippen LogP contribution in [0.3, 0.4) is 0 Å². The number of carbonyl (C=O) groups is 1. The van der Waals surface area contributed by atoms with Gasteiger partial charge in [0.15, 0.2) is 6.10 Å². The Bertz CT molecular complexity index is 188. The van der Waals surface area contributed by atoms with E-state index >= 15 is 0 Å². The van der Waals surface area contributed by atoms with Gasteiger partial charge in [-0.15, -0.1) is 6.42 Å². The van der Waals surface area contributed by atoms with Crippen LogP contribution in [0.15, 0.2) is 12.3 Å². The summed E-state index contributed by atoms with van der Waals surface area (Å²) in [5.74, 6) is 1.87. The lowest BCUT2D eigenvalue weighted by Crippen LogP contribution is -2.00. The van der Waals surface area contributed by atoms with E-state index in [0.29, 0.717) is 0 Å². The Morgan fingerprint density at radius 2 is 2.36 bits per heavy atom. The topological polar surface area (TPSA) is 35.5 Å². The van der Waals surface area contributed by atoms with E-state index in [1.807, 2.05) is 0 Å².